The molecular weight excluding hydrogens is 248 g/mol. The van der Waals surface area contributed by atoms with Crippen molar-refractivity contribution in [3.63, 3.8) is 0 Å². The first-order chi connectivity index (χ1) is 8.31. The Morgan fingerprint density at radius 1 is 1.22 bits per heavy atom. The van der Waals surface area contributed by atoms with E-state index in [0.717, 1.165) is 12.8 Å². The zero-order valence-corrected chi connectivity index (χ0v) is 13.0. The lowest BCUT2D eigenvalue weighted by Gasteiger charge is -2.42. The van der Waals surface area contributed by atoms with Crippen LogP contribution in [0.1, 0.15) is 52.9 Å². The minimum Gasteiger partial charge on any atom is -0.308 e. The monoisotopic (exact) mass is 276 g/mol. The van der Waals surface area contributed by atoms with Crippen LogP contribution in [0.15, 0.2) is 0 Å². The number of hydrogen-bond acceptors (Lipinski definition) is 3. The average Bonchev–Trinajstić information content (AvgIpc) is 2.28. The summed E-state index contributed by atoms with van der Waals surface area (Å²) in [6.45, 7) is 6.56. The van der Waals surface area contributed by atoms with Crippen molar-refractivity contribution in [3.05, 3.63) is 0 Å². The van der Waals surface area contributed by atoms with E-state index < -0.39 is 10.0 Å². The first-order valence-electron chi connectivity index (χ1n) is 7.03. The van der Waals surface area contributed by atoms with Crippen LogP contribution in [-0.4, -0.2) is 43.6 Å². The number of sulfonamides is 1. The number of nitrogens with one attached hydrogen (secondary N) is 1. The smallest absolute Gasteiger partial charge is 0.213 e. The van der Waals surface area contributed by atoms with Crippen LogP contribution in [0.25, 0.3) is 0 Å². The highest BCUT2D eigenvalue weighted by atomic mass is 32.2. The third-order valence-corrected chi connectivity index (χ3v) is 5.58. The molecule has 0 radical (unpaired) electrons. The lowest BCUT2D eigenvalue weighted by Crippen LogP contribution is -2.57. The van der Waals surface area contributed by atoms with Crippen LogP contribution < -0.4 is 5.32 Å². The highest BCUT2D eigenvalue weighted by Crippen LogP contribution is 2.30. The summed E-state index contributed by atoms with van der Waals surface area (Å²) in [5.74, 6) is 0.182. The van der Waals surface area contributed by atoms with Gasteiger partial charge in [-0.05, 0) is 19.8 Å². The highest BCUT2D eigenvalue weighted by molar-refractivity contribution is 7.89. The van der Waals surface area contributed by atoms with Gasteiger partial charge in [-0.2, -0.15) is 0 Å². The molecule has 18 heavy (non-hydrogen) atoms. The quantitative estimate of drug-likeness (QED) is 0.807. The van der Waals surface area contributed by atoms with Gasteiger partial charge in [-0.3, -0.25) is 0 Å². The summed E-state index contributed by atoms with van der Waals surface area (Å²) >= 11 is 0. The van der Waals surface area contributed by atoms with Crippen LogP contribution in [0, 0.1) is 0 Å². The van der Waals surface area contributed by atoms with E-state index in [9.17, 15) is 8.42 Å². The summed E-state index contributed by atoms with van der Waals surface area (Å²) in [4.78, 5) is 0. The van der Waals surface area contributed by atoms with Gasteiger partial charge < -0.3 is 5.32 Å². The van der Waals surface area contributed by atoms with E-state index in [1.807, 2.05) is 0 Å². The third kappa shape index (κ3) is 4.21. The molecule has 0 atom stereocenters. The molecule has 0 unspecified atom stereocenters. The van der Waals surface area contributed by atoms with Crippen LogP contribution in [0.2, 0.25) is 0 Å². The van der Waals surface area contributed by atoms with Gasteiger partial charge in [0.15, 0.2) is 0 Å². The predicted molar refractivity (Wildman–Crippen MR) is 76.2 cm³/mol. The second kappa shape index (κ2) is 6.35. The lowest BCUT2D eigenvalue weighted by atomic mass is 9.81. The predicted octanol–water partition coefficient (Wildman–Crippen LogP) is 1.97. The summed E-state index contributed by atoms with van der Waals surface area (Å²) in [7, 11) is -1.37. The second-order valence-corrected chi connectivity index (χ2v) is 8.16. The molecule has 0 spiro atoms. The molecule has 108 valence electrons. The molecule has 1 aliphatic carbocycles. The summed E-state index contributed by atoms with van der Waals surface area (Å²) < 4.78 is 25.3. The van der Waals surface area contributed by atoms with E-state index >= 15 is 0 Å². The van der Waals surface area contributed by atoms with Crippen LogP contribution in [-0.2, 0) is 10.0 Å². The molecule has 0 bridgehead atoms. The van der Waals surface area contributed by atoms with E-state index in [1.54, 1.807) is 14.0 Å². The van der Waals surface area contributed by atoms with E-state index in [-0.39, 0.29) is 11.3 Å². The van der Waals surface area contributed by atoms with Gasteiger partial charge in [-0.25, -0.2) is 12.7 Å². The number of likely N-dealkylation sites (N-methyl/N-ethyl adjacent to an activating group) is 1. The molecule has 0 heterocycles. The van der Waals surface area contributed by atoms with Gasteiger partial charge in [0.05, 0.1) is 5.75 Å². The molecule has 1 aliphatic rings. The molecule has 5 heteroatoms. The summed E-state index contributed by atoms with van der Waals surface area (Å²) in [5.41, 5.74) is -0.0244. The van der Waals surface area contributed by atoms with Gasteiger partial charge in [0, 0.05) is 25.2 Å². The number of rotatable bonds is 6. The molecule has 0 aromatic heterocycles. The van der Waals surface area contributed by atoms with Crippen molar-refractivity contribution in [1.29, 1.82) is 0 Å². The van der Waals surface area contributed by atoms with Gasteiger partial charge in [0.2, 0.25) is 10.0 Å². The van der Waals surface area contributed by atoms with Crippen molar-refractivity contribution >= 4 is 10.0 Å². The van der Waals surface area contributed by atoms with E-state index in [0.29, 0.717) is 12.6 Å². The molecule has 1 saturated carbocycles. The fourth-order valence-corrected chi connectivity index (χ4v) is 3.82. The lowest BCUT2D eigenvalue weighted by molar-refractivity contribution is 0.183. The van der Waals surface area contributed by atoms with E-state index in [4.69, 9.17) is 0 Å². The zero-order chi connectivity index (χ0) is 13.8. The summed E-state index contributed by atoms with van der Waals surface area (Å²) in [6, 6.07) is 0.390. The van der Waals surface area contributed by atoms with Crippen molar-refractivity contribution in [3.8, 4) is 0 Å². The van der Waals surface area contributed by atoms with Crippen molar-refractivity contribution < 1.29 is 8.42 Å². The van der Waals surface area contributed by atoms with E-state index in [2.05, 4.69) is 19.2 Å². The van der Waals surface area contributed by atoms with Crippen LogP contribution >= 0.6 is 0 Å². The summed E-state index contributed by atoms with van der Waals surface area (Å²) in [6.07, 6.45) is 5.81. The van der Waals surface area contributed by atoms with Crippen LogP contribution in [0.4, 0.5) is 0 Å². The second-order valence-electron chi connectivity index (χ2n) is 5.80. The molecule has 0 amide bonds. The molecule has 0 saturated heterocycles. The van der Waals surface area contributed by atoms with Crippen LogP contribution in [0.5, 0.6) is 0 Å². The number of nitrogens with zero attached hydrogens (tertiary/aromatic N) is 1. The Morgan fingerprint density at radius 3 is 2.22 bits per heavy atom. The van der Waals surface area contributed by atoms with Gasteiger partial charge >= 0.3 is 0 Å². The van der Waals surface area contributed by atoms with Crippen molar-refractivity contribution in [1.82, 2.24) is 9.62 Å². The Balaban J connectivity index is 2.78. The first-order valence-corrected chi connectivity index (χ1v) is 8.64. The fraction of sp³-hybridized carbons (Fsp3) is 1.00. The topological polar surface area (TPSA) is 49.4 Å². The Labute approximate surface area is 112 Å². The van der Waals surface area contributed by atoms with Gasteiger partial charge in [-0.1, -0.05) is 33.1 Å². The molecule has 1 N–H and O–H groups in total. The van der Waals surface area contributed by atoms with E-state index in [1.165, 1.54) is 23.6 Å². The van der Waals surface area contributed by atoms with Crippen molar-refractivity contribution in [2.75, 3.05) is 19.3 Å². The third-order valence-electron chi connectivity index (χ3n) is 3.77. The molecule has 1 rings (SSSR count). The molecular formula is C13H28N2O2S. The van der Waals surface area contributed by atoms with Gasteiger partial charge in [0.25, 0.3) is 0 Å². The molecule has 1 fully saturated rings. The molecule has 4 nitrogen and oxygen atoms in total. The Bertz CT molecular complexity index is 346. The number of hydrogen-bond donors (Lipinski definition) is 1. The largest absolute Gasteiger partial charge is 0.308 e. The van der Waals surface area contributed by atoms with Gasteiger partial charge in [-0.15, -0.1) is 0 Å². The standard InChI is InChI=1S/C13H28N2O2S/c1-5-18(16,17)15(4)11-13(14-12(2)3)9-7-6-8-10-13/h12,14H,5-11H2,1-4H3. The highest BCUT2D eigenvalue weighted by Gasteiger charge is 2.35. The maximum absolute atomic E-state index is 11.9. The minimum atomic E-state index is -3.08. The maximum Gasteiger partial charge on any atom is 0.213 e. The fourth-order valence-electron chi connectivity index (χ4n) is 2.93. The average molecular weight is 276 g/mol. The first kappa shape index (κ1) is 15.9. The maximum atomic E-state index is 11.9. The Morgan fingerprint density at radius 2 is 1.78 bits per heavy atom. The molecule has 0 aromatic carbocycles. The normalized spacial score (nSPS) is 20.6. The summed E-state index contributed by atoms with van der Waals surface area (Å²) in [5, 5.41) is 3.62. The minimum absolute atomic E-state index is 0.0244. The van der Waals surface area contributed by atoms with Crippen molar-refractivity contribution in [2.24, 2.45) is 0 Å². The van der Waals surface area contributed by atoms with Gasteiger partial charge in [0.1, 0.15) is 0 Å². The Kier molecular flexibility index (Phi) is 5.62. The zero-order valence-electron chi connectivity index (χ0n) is 12.2. The van der Waals surface area contributed by atoms with Crippen molar-refractivity contribution in [2.45, 2.75) is 64.5 Å². The Hall–Kier alpha value is -0.130. The molecule has 0 aromatic rings. The SMILES string of the molecule is CCS(=O)(=O)N(C)CC1(NC(C)C)CCCCC1. The van der Waals surface area contributed by atoms with Crippen LogP contribution in [0.3, 0.4) is 0 Å². The molecule has 0 aliphatic heterocycles.